The quantitative estimate of drug-likeness (QED) is 0.400. The minimum absolute atomic E-state index is 0.0539. The van der Waals surface area contributed by atoms with E-state index in [9.17, 15) is 0 Å². The smallest absolute Gasteiger partial charge is 0.176 e. The van der Waals surface area contributed by atoms with Crippen molar-refractivity contribution < 1.29 is 5.11 Å². The summed E-state index contributed by atoms with van der Waals surface area (Å²) >= 11 is 6.47. The van der Waals surface area contributed by atoms with Gasteiger partial charge in [-0.05, 0) is 37.0 Å². The summed E-state index contributed by atoms with van der Waals surface area (Å²) in [5.74, 6) is 0.960. The number of hydrogen-bond donors (Lipinski definition) is 4. The van der Waals surface area contributed by atoms with Gasteiger partial charge in [0.25, 0.3) is 0 Å². The molecule has 2 aliphatic rings. The number of halogens is 1. The molecule has 0 spiro atoms. The van der Waals surface area contributed by atoms with Gasteiger partial charge in [-0.15, -0.1) is 0 Å². The highest BCUT2D eigenvalue weighted by Gasteiger charge is 2.30. The second-order valence-electron chi connectivity index (χ2n) is 7.51. The highest BCUT2D eigenvalue weighted by atomic mass is 35.5. The molecule has 2 aliphatic heterocycles. The Kier molecular flexibility index (Phi) is 16.2. The average Bonchev–Trinajstić information content (AvgIpc) is 3.06. The van der Waals surface area contributed by atoms with Gasteiger partial charge in [0, 0.05) is 33.8 Å². The summed E-state index contributed by atoms with van der Waals surface area (Å²) in [4.78, 5) is 6.49. The predicted molar refractivity (Wildman–Crippen MR) is 147 cm³/mol. The van der Waals surface area contributed by atoms with E-state index in [0.29, 0.717) is 0 Å². The van der Waals surface area contributed by atoms with Crippen LogP contribution in [0, 0.1) is 0 Å². The first kappa shape index (κ1) is 30.8. The van der Waals surface area contributed by atoms with Crippen LogP contribution in [0.3, 0.4) is 0 Å². The van der Waals surface area contributed by atoms with Crippen LogP contribution in [0.2, 0.25) is 5.02 Å². The van der Waals surface area contributed by atoms with E-state index >= 15 is 0 Å². The monoisotopic (exact) mass is 479 g/mol. The highest BCUT2D eigenvalue weighted by molar-refractivity contribution is 6.34. The molecule has 188 valence electrons. The van der Waals surface area contributed by atoms with Gasteiger partial charge >= 0.3 is 0 Å². The van der Waals surface area contributed by atoms with Crippen LogP contribution in [0.5, 0.6) is 0 Å². The molecule has 0 saturated carbocycles. The van der Waals surface area contributed by atoms with Crippen molar-refractivity contribution >= 4 is 28.8 Å². The molecule has 1 unspecified atom stereocenters. The number of unbranched alkanes of at least 4 members (excludes halogenated alkanes) is 1. The molecule has 3 rings (SSSR count). The summed E-state index contributed by atoms with van der Waals surface area (Å²) in [5.41, 5.74) is 5.79. The zero-order chi connectivity index (χ0) is 25.4. The second-order valence-corrected chi connectivity index (χ2v) is 7.91. The molecule has 0 aromatic heterocycles. The molecule has 2 heterocycles. The normalized spacial score (nSPS) is 17.2. The Morgan fingerprint density at radius 3 is 2.42 bits per heavy atom. The maximum atomic E-state index is 7.00. The number of benzene rings is 1. The number of hydrogen-bond acceptors (Lipinski definition) is 5. The number of aliphatic hydroxyl groups is 1. The van der Waals surface area contributed by atoms with Gasteiger partial charge in [-0.25, -0.2) is 0 Å². The lowest BCUT2D eigenvalue weighted by Crippen LogP contribution is -2.45. The Morgan fingerprint density at radius 1 is 1.21 bits per heavy atom. The Bertz CT molecular complexity index is 789. The number of amidine groups is 1. The number of allylic oxidation sites excluding steroid dienone is 1. The van der Waals surface area contributed by atoms with Crippen LogP contribution in [-0.2, 0) is 6.42 Å². The summed E-state index contributed by atoms with van der Waals surface area (Å²) < 4.78 is 0. The fourth-order valence-electron chi connectivity index (χ4n) is 3.36. The number of aliphatic hydroxyl groups excluding tert-OH is 1. The van der Waals surface area contributed by atoms with E-state index in [0.717, 1.165) is 42.2 Å². The van der Waals surface area contributed by atoms with Gasteiger partial charge in [0.1, 0.15) is 5.84 Å². The summed E-state index contributed by atoms with van der Waals surface area (Å²) in [5, 5.41) is 18.2. The van der Waals surface area contributed by atoms with Crippen molar-refractivity contribution in [1.82, 2.24) is 10.6 Å². The lowest BCUT2D eigenvalue weighted by atomic mass is 10.1. The van der Waals surface area contributed by atoms with Crippen LogP contribution in [0.1, 0.15) is 72.8 Å². The molecule has 4 N–H and O–H groups in total. The van der Waals surface area contributed by atoms with E-state index in [1.807, 2.05) is 26.1 Å². The Morgan fingerprint density at radius 2 is 1.85 bits per heavy atom. The Labute approximate surface area is 207 Å². The summed E-state index contributed by atoms with van der Waals surface area (Å²) in [6.07, 6.45) is 9.60. The van der Waals surface area contributed by atoms with Crippen molar-refractivity contribution in [2.24, 2.45) is 4.99 Å². The van der Waals surface area contributed by atoms with E-state index in [2.05, 4.69) is 72.7 Å². The minimum atomic E-state index is -0.0539. The number of rotatable bonds is 5. The number of aliphatic imine (C=N–C) groups is 1. The lowest BCUT2D eigenvalue weighted by molar-refractivity contribution is 0.399. The molecule has 0 radical (unpaired) electrons. The van der Waals surface area contributed by atoms with E-state index in [1.54, 1.807) is 7.05 Å². The number of anilines is 2. The van der Waals surface area contributed by atoms with Gasteiger partial charge in [-0.2, -0.15) is 0 Å². The largest absolute Gasteiger partial charge is 0.400 e. The molecule has 1 atom stereocenters. The van der Waals surface area contributed by atoms with Crippen molar-refractivity contribution in [3.63, 3.8) is 0 Å². The van der Waals surface area contributed by atoms with Crippen molar-refractivity contribution in [2.75, 3.05) is 31.4 Å². The van der Waals surface area contributed by atoms with Crippen LogP contribution in [-0.4, -0.2) is 38.4 Å². The second kappa shape index (κ2) is 17.3. The molecule has 0 saturated heterocycles. The van der Waals surface area contributed by atoms with Crippen molar-refractivity contribution in [2.45, 2.75) is 79.9 Å². The molecule has 0 fully saturated rings. The summed E-state index contributed by atoms with van der Waals surface area (Å²) in [7, 11) is 4.91. The lowest BCUT2D eigenvalue weighted by Gasteiger charge is -2.26. The number of nitrogens with zero attached hydrogens (tertiary/aromatic N) is 2. The third-order valence-electron chi connectivity index (χ3n) is 5.00. The molecule has 7 heteroatoms. The molecular formula is C26H46ClN5O. The maximum Gasteiger partial charge on any atom is 0.176 e. The zero-order valence-corrected chi connectivity index (χ0v) is 22.9. The fourth-order valence-corrected chi connectivity index (χ4v) is 3.57. The van der Waals surface area contributed by atoms with Gasteiger partial charge in [-0.1, -0.05) is 71.2 Å². The van der Waals surface area contributed by atoms with E-state index < -0.39 is 0 Å². The minimum Gasteiger partial charge on any atom is -0.400 e. The number of nitrogens with one attached hydrogen (secondary N) is 3. The van der Waals surface area contributed by atoms with Crippen LogP contribution in [0.15, 0.2) is 40.7 Å². The van der Waals surface area contributed by atoms with Crippen molar-refractivity contribution in [3.8, 4) is 0 Å². The topological polar surface area (TPSA) is 71.9 Å². The summed E-state index contributed by atoms with van der Waals surface area (Å²) in [6, 6.07) is 4.15. The van der Waals surface area contributed by atoms with Crippen molar-refractivity contribution in [3.05, 3.63) is 46.3 Å². The molecule has 1 aromatic rings. The van der Waals surface area contributed by atoms with Gasteiger partial charge in [0.15, 0.2) is 6.29 Å². The standard InChI is InChI=1S/C20H28ClN5.C3H8.C2H6.CH4O/c1-5-6-7-14-9-10-15(21)18-19(14)26(4)20(25-18)24-16-12-23-17(22-3)11-8-13(16)2;1-3-2;2*1-2/h8-10,12,20,24-25H,5-7,11H2,1-4H3,(H,22,23);3H2,1-2H3;1-2H3;2H,1H3. The van der Waals surface area contributed by atoms with Crippen molar-refractivity contribution in [1.29, 1.82) is 0 Å². The van der Waals surface area contributed by atoms with Crippen LogP contribution in [0.4, 0.5) is 11.4 Å². The first-order valence-electron chi connectivity index (χ1n) is 12.1. The third-order valence-corrected chi connectivity index (χ3v) is 5.32. The Hall–Kier alpha value is -2.18. The molecule has 0 amide bonds. The van der Waals surface area contributed by atoms with Gasteiger partial charge in [0.05, 0.1) is 22.1 Å². The first-order chi connectivity index (χ1) is 16.0. The van der Waals surface area contributed by atoms with Gasteiger partial charge in [-0.3, -0.25) is 4.99 Å². The predicted octanol–water partition coefficient (Wildman–Crippen LogP) is 6.28. The Balaban J connectivity index is 0.00000132. The van der Waals surface area contributed by atoms with Crippen LogP contribution < -0.4 is 20.9 Å². The van der Waals surface area contributed by atoms with Gasteiger partial charge in [0.2, 0.25) is 0 Å². The number of aryl methyl sites for hydroxylation is 1. The molecule has 6 nitrogen and oxygen atoms in total. The third kappa shape index (κ3) is 8.94. The summed E-state index contributed by atoms with van der Waals surface area (Å²) in [6.45, 7) is 12.6. The molecule has 33 heavy (non-hydrogen) atoms. The molecule has 0 bridgehead atoms. The highest BCUT2D eigenvalue weighted by Crippen LogP contribution is 2.42. The number of fused-ring (bicyclic) bond motifs is 1. The SMILES string of the molecule is CC.CCC.CCCCc1ccc(Cl)c2c1N(C)C(NC1=CNC(=NC)CC=C1C)N2.CO. The van der Waals surface area contributed by atoms with E-state index in [4.69, 9.17) is 16.7 Å². The van der Waals surface area contributed by atoms with Crippen LogP contribution >= 0.6 is 11.6 Å². The van der Waals surface area contributed by atoms with E-state index in [1.165, 1.54) is 36.1 Å². The molecule has 1 aromatic carbocycles. The first-order valence-corrected chi connectivity index (χ1v) is 12.5. The van der Waals surface area contributed by atoms with Crippen LogP contribution in [0.25, 0.3) is 0 Å². The zero-order valence-electron chi connectivity index (χ0n) is 22.1. The fraction of sp³-hybridized carbons (Fsp3) is 0.577. The average molecular weight is 480 g/mol. The molecule has 0 aliphatic carbocycles. The van der Waals surface area contributed by atoms with E-state index in [-0.39, 0.29) is 6.29 Å². The maximum absolute atomic E-state index is 7.00. The molecular weight excluding hydrogens is 434 g/mol. The van der Waals surface area contributed by atoms with Gasteiger partial charge < -0.3 is 26.0 Å².